The molecule has 0 aliphatic rings. The molecule has 0 aromatic heterocycles. The Hall–Kier alpha value is -1.56. The molecule has 0 unspecified atom stereocenters. The van der Waals surface area contributed by atoms with Crippen LogP contribution in [0.3, 0.4) is 0 Å². The van der Waals surface area contributed by atoms with E-state index in [1.807, 2.05) is 18.2 Å². The average molecular weight is 408 g/mol. The van der Waals surface area contributed by atoms with Crippen molar-refractivity contribution in [2.45, 2.75) is 26.5 Å². The Bertz CT molecular complexity index is 676. The minimum atomic E-state index is 0.513. The lowest BCUT2D eigenvalue weighted by Crippen LogP contribution is -2.16. The van der Waals surface area contributed by atoms with Crippen LogP contribution in [0.25, 0.3) is 0 Å². The standard InChI is InChI=1S/C20H26BrNO3/c1-15-6-4-7-16(10-15)14-25-20-12-18(21)17(11-19(20)24-3)13-22-8-5-9-23-2/h4,6-7,10-12,22H,5,8-9,13-14H2,1-3H3. The van der Waals surface area contributed by atoms with Crippen molar-refractivity contribution in [1.29, 1.82) is 0 Å². The van der Waals surface area contributed by atoms with Crippen LogP contribution in [0.1, 0.15) is 23.1 Å². The molecule has 0 saturated heterocycles. The summed E-state index contributed by atoms with van der Waals surface area (Å²) in [6.45, 7) is 5.03. The van der Waals surface area contributed by atoms with Crippen molar-refractivity contribution in [3.05, 3.63) is 57.6 Å². The van der Waals surface area contributed by atoms with Gasteiger partial charge in [-0.25, -0.2) is 0 Å². The molecular formula is C20H26BrNO3. The van der Waals surface area contributed by atoms with Crippen molar-refractivity contribution in [3.63, 3.8) is 0 Å². The van der Waals surface area contributed by atoms with Gasteiger partial charge in [-0.1, -0.05) is 45.8 Å². The van der Waals surface area contributed by atoms with Crippen molar-refractivity contribution in [2.75, 3.05) is 27.4 Å². The van der Waals surface area contributed by atoms with Gasteiger partial charge in [-0.15, -0.1) is 0 Å². The van der Waals surface area contributed by atoms with Gasteiger partial charge in [0.15, 0.2) is 11.5 Å². The summed E-state index contributed by atoms with van der Waals surface area (Å²) >= 11 is 3.63. The SMILES string of the molecule is COCCCNCc1cc(OC)c(OCc2cccc(C)c2)cc1Br. The third-order valence-corrected chi connectivity index (χ3v) is 4.57. The van der Waals surface area contributed by atoms with E-state index in [1.165, 1.54) is 5.56 Å². The maximum atomic E-state index is 5.97. The second-order valence-electron chi connectivity index (χ2n) is 5.90. The van der Waals surface area contributed by atoms with E-state index in [0.717, 1.165) is 53.2 Å². The van der Waals surface area contributed by atoms with Gasteiger partial charge in [-0.3, -0.25) is 0 Å². The zero-order valence-corrected chi connectivity index (χ0v) is 16.7. The molecule has 0 spiro atoms. The fourth-order valence-electron chi connectivity index (χ4n) is 2.51. The summed E-state index contributed by atoms with van der Waals surface area (Å²) in [6.07, 6.45) is 0.989. The maximum absolute atomic E-state index is 5.97. The van der Waals surface area contributed by atoms with E-state index in [-0.39, 0.29) is 0 Å². The molecule has 25 heavy (non-hydrogen) atoms. The van der Waals surface area contributed by atoms with Gasteiger partial charge < -0.3 is 19.5 Å². The normalized spacial score (nSPS) is 10.7. The molecule has 0 bridgehead atoms. The summed E-state index contributed by atoms with van der Waals surface area (Å²) in [5.41, 5.74) is 3.50. The lowest BCUT2D eigenvalue weighted by Gasteiger charge is -2.15. The summed E-state index contributed by atoms with van der Waals surface area (Å²) in [6, 6.07) is 12.3. The van der Waals surface area contributed by atoms with E-state index >= 15 is 0 Å². The van der Waals surface area contributed by atoms with Gasteiger partial charge in [0.25, 0.3) is 0 Å². The number of aryl methyl sites for hydroxylation is 1. The molecule has 1 N–H and O–H groups in total. The van der Waals surface area contributed by atoms with E-state index < -0.39 is 0 Å². The fourth-order valence-corrected chi connectivity index (χ4v) is 2.98. The topological polar surface area (TPSA) is 39.7 Å². The zero-order valence-electron chi connectivity index (χ0n) is 15.1. The Labute approximate surface area is 158 Å². The molecule has 136 valence electrons. The first-order valence-electron chi connectivity index (χ1n) is 8.38. The number of rotatable bonds is 10. The van der Waals surface area contributed by atoms with Crippen molar-refractivity contribution in [2.24, 2.45) is 0 Å². The van der Waals surface area contributed by atoms with Crippen LogP contribution in [-0.2, 0) is 17.9 Å². The molecule has 0 heterocycles. The quantitative estimate of drug-likeness (QED) is 0.589. The van der Waals surface area contributed by atoms with Gasteiger partial charge in [-0.2, -0.15) is 0 Å². The molecule has 4 nitrogen and oxygen atoms in total. The van der Waals surface area contributed by atoms with Crippen LogP contribution >= 0.6 is 15.9 Å². The van der Waals surface area contributed by atoms with Gasteiger partial charge >= 0.3 is 0 Å². The number of methoxy groups -OCH3 is 2. The van der Waals surface area contributed by atoms with E-state index in [9.17, 15) is 0 Å². The Morgan fingerprint density at radius 1 is 1.08 bits per heavy atom. The fraction of sp³-hybridized carbons (Fsp3) is 0.400. The van der Waals surface area contributed by atoms with Crippen LogP contribution in [0.2, 0.25) is 0 Å². The summed E-state index contributed by atoms with van der Waals surface area (Å²) in [5, 5.41) is 3.41. The number of hydrogen-bond donors (Lipinski definition) is 1. The first-order valence-corrected chi connectivity index (χ1v) is 9.17. The van der Waals surface area contributed by atoms with Gasteiger partial charge in [0, 0.05) is 24.7 Å². The van der Waals surface area contributed by atoms with Gasteiger partial charge in [0.2, 0.25) is 0 Å². The molecular weight excluding hydrogens is 382 g/mol. The third-order valence-electron chi connectivity index (χ3n) is 3.83. The number of nitrogens with one attached hydrogen (secondary N) is 1. The van der Waals surface area contributed by atoms with E-state index in [4.69, 9.17) is 14.2 Å². The van der Waals surface area contributed by atoms with E-state index in [2.05, 4.69) is 46.4 Å². The Balaban J connectivity index is 2.00. The average Bonchev–Trinajstić information content (AvgIpc) is 2.61. The first kappa shape index (κ1) is 19.8. The zero-order chi connectivity index (χ0) is 18.1. The number of benzene rings is 2. The molecule has 2 aromatic carbocycles. The van der Waals surface area contributed by atoms with Gasteiger partial charge in [0.05, 0.1) is 7.11 Å². The van der Waals surface area contributed by atoms with Crippen molar-refractivity contribution < 1.29 is 14.2 Å². The van der Waals surface area contributed by atoms with E-state index in [0.29, 0.717) is 6.61 Å². The van der Waals surface area contributed by atoms with Crippen LogP contribution < -0.4 is 14.8 Å². The molecule has 0 aliphatic heterocycles. The molecule has 0 fully saturated rings. The molecule has 0 aliphatic carbocycles. The highest BCUT2D eigenvalue weighted by Crippen LogP contribution is 2.34. The number of hydrogen-bond acceptors (Lipinski definition) is 4. The number of ether oxygens (including phenoxy) is 3. The molecule has 5 heteroatoms. The molecule has 0 saturated carbocycles. The molecule has 2 rings (SSSR count). The third kappa shape index (κ3) is 6.34. The Morgan fingerprint density at radius 3 is 2.64 bits per heavy atom. The molecule has 0 atom stereocenters. The largest absolute Gasteiger partial charge is 0.493 e. The minimum absolute atomic E-state index is 0.513. The van der Waals surface area contributed by atoms with Crippen LogP contribution in [-0.4, -0.2) is 27.4 Å². The van der Waals surface area contributed by atoms with Crippen molar-refractivity contribution in [1.82, 2.24) is 5.32 Å². The van der Waals surface area contributed by atoms with E-state index in [1.54, 1.807) is 14.2 Å². The lowest BCUT2D eigenvalue weighted by atomic mass is 10.1. The minimum Gasteiger partial charge on any atom is -0.493 e. The maximum Gasteiger partial charge on any atom is 0.162 e. The predicted molar refractivity (Wildman–Crippen MR) is 104 cm³/mol. The van der Waals surface area contributed by atoms with Crippen LogP contribution in [0, 0.1) is 6.92 Å². The summed E-state index contributed by atoms with van der Waals surface area (Å²) in [4.78, 5) is 0. The smallest absolute Gasteiger partial charge is 0.162 e. The molecule has 0 amide bonds. The van der Waals surface area contributed by atoms with Gasteiger partial charge in [0.1, 0.15) is 6.61 Å². The van der Waals surface area contributed by atoms with Crippen molar-refractivity contribution >= 4 is 15.9 Å². The van der Waals surface area contributed by atoms with Crippen molar-refractivity contribution in [3.8, 4) is 11.5 Å². The highest BCUT2D eigenvalue weighted by Gasteiger charge is 2.10. The molecule has 0 radical (unpaired) electrons. The first-order chi connectivity index (χ1) is 12.1. The molecule has 2 aromatic rings. The summed E-state index contributed by atoms with van der Waals surface area (Å²) in [5.74, 6) is 1.48. The number of halogens is 1. The Kier molecular flexibility index (Phi) is 8.25. The summed E-state index contributed by atoms with van der Waals surface area (Å²) < 4.78 is 17.5. The highest BCUT2D eigenvalue weighted by molar-refractivity contribution is 9.10. The monoisotopic (exact) mass is 407 g/mol. The predicted octanol–water partition coefficient (Wildman–Crippen LogP) is 4.47. The van der Waals surface area contributed by atoms with Gasteiger partial charge in [-0.05, 0) is 43.1 Å². The highest BCUT2D eigenvalue weighted by atomic mass is 79.9. The Morgan fingerprint density at radius 2 is 1.92 bits per heavy atom. The lowest BCUT2D eigenvalue weighted by molar-refractivity contribution is 0.194. The van der Waals surface area contributed by atoms with Crippen LogP contribution in [0.15, 0.2) is 40.9 Å². The second-order valence-corrected chi connectivity index (χ2v) is 6.75. The summed E-state index contributed by atoms with van der Waals surface area (Å²) in [7, 11) is 3.38. The second kappa shape index (κ2) is 10.4. The van der Waals surface area contributed by atoms with Crippen LogP contribution in [0.4, 0.5) is 0 Å². The van der Waals surface area contributed by atoms with Crippen LogP contribution in [0.5, 0.6) is 11.5 Å².